The molecule has 0 saturated heterocycles. The Balaban J connectivity index is 2.52. The molecule has 7 heteroatoms. The van der Waals surface area contributed by atoms with Gasteiger partial charge in [-0.25, -0.2) is 13.1 Å². The van der Waals surface area contributed by atoms with Gasteiger partial charge in [0.25, 0.3) is 0 Å². The van der Waals surface area contributed by atoms with Crippen molar-refractivity contribution in [3.63, 3.8) is 0 Å². The summed E-state index contributed by atoms with van der Waals surface area (Å²) in [7, 11) is -3.47. The number of benzene rings is 1. The number of hydrogen-bond donors (Lipinski definition) is 2. The average Bonchev–Trinajstić information content (AvgIpc) is 2.33. The third kappa shape index (κ3) is 5.71. The molecule has 1 aromatic rings. The first-order valence-electron chi connectivity index (χ1n) is 5.92. The Bertz CT molecular complexity index is 506. The monoisotopic (exact) mass is 323 g/mol. The molecule has 0 heterocycles. The molecule has 19 heavy (non-hydrogen) atoms. The van der Waals surface area contributed by atoms with Crippen molar-refractivity contribution in [2.45, 2.75) is 18.2 Å². The van der Waals surface area contributed by atoms with E-state index in [2.05, 4.69) is 4.72 Å². The molecule has 0 bridgehead atoms. The van der Waals surface area contributed by atoms with Gasteiger partial charge in [-0.15, -0.1) is 0 Å². The molecule has 2 N–H and O–H groups in total. The minimum absolute atomic E-state index is 0.169. The topological polar surface area (TPSA) is 66.4 Å². The summed E-state index contributed by atoms with van der Waals surface area (Å²) in [5.41, 5.74) is 0.632. The second-order valence-electron chi connectivity index (χ2n) is 4.00. The largest absolute Gasteiger partial charge is 0.396 e. The molecule has 1 aromatic carbocycles. The number of thioether (sulfide) groups is 1. The molecule has 0 fully saturated rings. The van der Waals surface area contributed by atoms with Crippen molar-refractivity contribution in [2.75, 3.05) is 24.7 Å². The molecule has 1 rings (SSSR count). The second kappa shape index (κ2) is 8.11. The van der Waals surface area contributed by atoms with E-state index in [1.807, 2.05) is 0 Å². The fourth-order valence-corrected chi connectivity index (χ4v) is 3.90. The van der Waals surface area contributed by atoms with E-state index in [4.69, 9.17) is 16.7 Å². The van der Waals surface area contributed by atoms with Gasteiger partial charge in [0.2, 0.25) is 10.0 Å². The first kappa shape index (κ1) is 16.8. The van der Waals surface area contributed by atoms with Crippen molar-refractivity contribution in [1.29, 1.82) is 0 Å². The van der Waals surface area contributed by atoms with Crippen LogP contribution in [0, 0.1) is 6.92 Å². The summed E-state index contributed by atoms with van der Waals surface area (Å²) >= 11 is 7.42. The molecule has 0 aliphatic heterocycles. The maximum Gasteiger partial charge on any atom is 0.240 e. The van der Waals surface area contributed by atoms with Crippen molar-refractivity contribution in [1.82, 2.24) is 4.72 Å². The Morgan fingerprint density at radius 2 is 2.11 bits per heavy atom. The highest BCUT2D eigenvalue weighted by Crippen LogP contribution is 2.19. The van der Waals surface area contributed by atoms with Crippen LogP contribution in [0.25, 0.3) is 0 Å². The van der Waals surface area contributed by atoms with E-state index in [1.54, 1.807) is 30.8 Å². The number of sulfonamides is 1. The van der Waals surface area contributed by atoms with E-state index in [-0.39, 0.29) is 11.5 Å². The normalized spacial score (nSPS) is 11.7. The highest BCUT2D eigenvalue weighted by atomic mass is 35.5. The third-order valence-electron chi connectivity index (χ3n) is 2.41. The van der Waals surface area contributed by atoms with Crippen LogP contribution in [0.1, 0.15) is 12.0 Å². The summed E-state index contributed by atoms with van der Waals surface area (Å²) in [4.78, 5) is 0.261. The van der Waals surface area contributed by atoms with Gasteiger partial charge in [0, 0.05) is 23.9 Å². The van der Waals surface area contributed by atoms with Crippen molar-refractivity contribution in [3.05, 3.63) is 28.8 Å². The van der Waals surface area contributed by atoms with Crippen LogP contribution in [-0.2, 0) is 10.0 Å². The zero-order chi connectivity index (χ0) is 14.3. The predicted octanol–water partition coefficient (Wildman–Crippen LogP) is 2.04. The number of aryl methyl sites for hydroxylation is 1. The lowest BCUT2D eigenvalue weighted by molar-refractivity contribution is 0.296. The van der Waals surface area contributed by atoms with Crippen LogP contribution in [0.15, 0.2) is 23.1 Å². The predicted molar refractivity (Wildman–Crippen MR) is 80.4 cm³/mol. The highest BCUT2D eigenvalue weighted by molar-refractivity contribution is 7.99. The molecule has 4 nitrogen and oxygen atoms in total. The van der Waals surface area contributed by atoms with E-state index in [0.717, 1.165) is 12.2 Å². The second-order valence-corrected chi connectivity index (χ2v) is 7.39. The first-order valence-corrected chi connectivity index (χ1v) is 8.93. The zero-order valence-corrected chi connectivity index (χ0v) is 13.1. The Morgan fingerprint density at radius 3 is 2.74 bits per heavy atom. The Kier molecular flexibility index (Phi) is 7.17. The van der Waals surface area contributed by atoms with Gasteiger partial charge < -0.3 is 5.11 Å². The lowest BCUT2D eigenvalue weighted by Gasteiger charge is -2.09. The Hall–Kier alpha value is -0.270. The average molecular weight is 324 g/mol. The number of hydrogen-bond acceptors (Lipinski definition) is 4. The molecule has 0 aliphatic carbocycles. The van der Waals surface area contributed by atoms with Gasteiger partial charge in [-0.3, -0.25) is 0 Å². The van der Waals surface area contributed by atoms with Crippen LogP contribution < -0.4 is 4.72 Å². The molecule has 0 saturated carbocycles. The molecule has 0 aromatic heterocycles. The molecule has 0 amide bonds. The summed E-state index contributed by atoms with van der Waals surface area (Å²) in [6, 6.07) is 4.71. The maximum atomic E-state index is 12.0. The van der Waals surface area contributed by atoms with Gasteiger partial charge >= 0.3 is 0 Å². The van der Waals surface area contributed by atoms with Crippen LogP contribution in [0.5, 0.6) is 0 Å². The van der Waals surface area contributed by atoms with Crippen LogP contribution in [-0.4, -0.2) is 38.2 Å². The first-order chi connectivity index (χ1) is 8.97. The lowest BCUT2D eigenvalue weighted by atomic mass is 10.2. The number of aliphatic hydroxyl groups excluding tert-OH is 1. The van der Waals surface area contributed by atoms with E-state index in [1.165, 1.54) is 6.07 Å². The van der Waals surface area contributed by atoms with Crippen LogP contribution in [0.2, 0.25) is 5.02 Å². The third-order valence-corrected chi connectivity index (χ3v) is 5.34. The molecular weight excluding hydrogens is 306 g/mol. The highest BCUT2D eigenvalue weighted by Gasteiger charge is 2.15. The van der Waals surface area contributed by atoms with Crippen LogP contribution in [0.4, 0.5) is 0 Å². The van der Waals surface area contributed by atoms with E-state index >= 15 is 0 Å². The molecule has 0 aliphatic rings. The number of rotatable bonds is 8. The van der Waals surface area contributed by atoms with Gasteiger partial charge in [-0.05, 0) is 42.9 Å². The molecule has 108 valence electrons. The Morgan fingerprint density at radius 1 is 1.37 bits per heavy atom. The zero-order valence-electron chi connectivity index (χ0n) is 10.7. The standard InChI is InChI=1S/C12H18ClNO3S2/c1-10-9-11(13)3-4-12(10)19(16,17)14-5-8-18-7-2-6-15/h3-4,9,14-15H,2,5-8H2,1H3. The number of halogens is 1. The lowest BCUT2D eigenvalue weighted by Crippen LogP contribution is -2.26. The van der Waals surface area contributed by atoms with Gasteiger partial charge in [0.05, 0.1) is 4.90 Å². The van der Waals surface area contributed by atoms with Crippen molar-refractivity contribution < 1.29 is 13.5 Å². The van der Waals surface area contributed by atoms with Gasteiger partial charge in [0.1, 0.15) is 0 Å². The fraction of sp³-hybridized carbons (Fsp3) is 0.500. The smallest absolute Gasteiger partial charge is 0.240 e. The number of aliphatic hydroxyl groups is 1. The van der Waals surface area contributed by atoms with E-state index in [9.17, 15) is 8.42 Å². The van der Waals surface area contributed by atoms with E-state index < -0.39 is 10.0 Å². The van der Waals surface area contributed by atoms with Gasteiger partial charge in [0.15, 0.2) is 0 Å². The summed E-state index contributed by atoms with van der Waals surface area (Å²) < 4.78 is 26.7. The van der Waals surface area contributed by atoms with Gasteiger partial charge in [-0.1, -0.05) is 11.6 Å². The molecule has 0 radical (unpaired) electrons. The molecular formula is C12H18ClNO3S2. The minimum Gasteiger partial charge on any atom is -0.396 e. The quantitative estimate of drug-likeness (QED) is 0.719. The summed E-state index contributed by atoms with van der Waals surface area (Å²) in [5, 5.41) is 9.14. The molecule has 0 spiro atoms. The van der Waals surface area contributed by atoms with Crippen molar-refractivity contribution >= 4 is 33.4 Å². The van der Waals surface area contributed by atoms with Gasteiger partial charge in [-0.2, -0.15) is 11.8 Å². The molecule has 0 atom stereocenters. The van der Waals surface area contributed by atoms with E-state index in [0.29, 0.717) is 22.9 Å². The van der Waals surface area contributed by atoms with Crippen LogP contribution in [0.3, 0.4) is 0 Å². The van der Waals surface area contributed by atoms with Crippen LogP contribution >= 0.6 is 23.4 Å². The summed E-state index contributed by atoms with van der Waals surface area (Å²) in [6.45, 7) is 2.26. The summed E-state index contributed by atoms with van der Waals surface area (Å²) in [5.74, 6) is 1.52. The van der Waals surface area contributed by atoms with Crippen molar-refractivity contribution in [3.8, 4) is 0 Å². The fourth-order valence-electron chi connectivity index (χ4n) is 1.51. The Labute approximate surface area is 123 Å². The maximum absolute atomic E-state index is 12.0. The molecule has 0 unspecified atom stereocenters. The SMILES string of the molecule is Cc1cc(Cl)ccc1S(=O)(=O)NCCSCCCO. The minimum atomic E-state index is -3.47. The number of nitrogens with one attached hydrogen (secondary N) is 1. The summed E-state index contributed by atoms with van der Waals surface area (Å²) in [6.07, 6.45) is 0.730. The van der Waals surface area contributed by atoms with Crippen molar-refractivity contribution in [2.24, 2.45) is 0 Å².